The molecule has 1 aromatic carbocycles. The fourth-order valence-electron chi connectivity index (χ4n) is 5.18. The van der Waals surface area contributed by atoms with Gasteiger partial charge in [-0.3, -0.25) is 14.6 Å². The number of rotatable bonds is 5. The predicted molar refractivity (Wildman–Crippen MR) is 138 cm³/mol. The Morgan fingerprint density at radius 3 is 2.70 bits per heavy atom. The lowest BCUT2D eigenvalue weighted by Crippen LogP contribution is -2.53. The number of aromatic nitrogens is 1. The highest BCUT2D eigenvalue weighted by Gasteiger charge is 2.49. The number of quaternary nitrogens is 1. The van der Waals surface area contributed by atoms with E-state index in [1.54, 1.807) is 49.1 Å². The first-order valence-corrected chi connectivity index (χ1v) is 12.3. The van der Waals surface area contributed by atoms with Crippen LogP contribution in [0.4, 0.5) is 5.82 Å². The average Bonchev–Trinajstić information content (AvgIpc) is 3.50. The van der Waals surface area contributed by atoms with Gasteiger partial charge in [-0.2, -0.15) is 10.8 Å². The number of benzene rings is 1. The van der Waals surface area contributed by atoms with E-state index in [2.05, 4.69) is 15.3 Å². The van der Waals surface area contributed by atoms with Crippen molar-refractivity contribution in [2.24, 2.45) is 27.2 Å². The van der Waals surface area contributed by atoms with Gasteiger partial charge in [0.1, 0.15) is 17.7 Å². The van der Waals surface area contributed by atoms with Crippen molar-refractivity contribution >= 4 is 29.7 Å². The number of ether oxygens (including phenoxy) is 1. The summed E-state index contributed by atoms with van der Waals surface area (Å²) in [5.74, 6) is 7.96. The van der Waals surface area contributed by atoms with Crippen LogP contribution >= 0.6 is 0 Å². The Bertz CT molecular complexity index is 1380. The molecule has 0 aliphatic carbocycles. The summed E-state index contributed by atoms with van der Waals surface area (Å²) in [4.78, 5) is 41.1. The highest BCUT2D eigenvalue weighted by molar-refractivity contribution is 6.05. The third-order valence-electron chi connectivity index (χ3n) is 7.35. The van der Waals surface area contributed by atoms with Crippen LogP contribution in [0.15, 0.2) is 82.4 Å². The molecular formula is C27H28N7O3+. The zero-order valence-electron chi connectivity index (χ0n) is 20.5. The van der Waals surface area contributed by atoms with E-state index in [4.69, 9.17) is 15.6 Å². The van der Waals surface area contributed by atoms with Crippen molar-refractivity contribution in [3.8, 4) is 0 Å². The number of allylic oxidation sites excluding steroid dienone is 1. The summed E-state index contributed by atoms with van der Waals surface area (Å²) in [5.41, 5.74) is 2.53. The Labute approximate surface area is 214 Å². The molecule has 5 heterocycles. The van der Waals surface area contributed by atoms with Gasteiger partial charge in [0.05, 0.1) is 36.6 Å². The van der Waals surface area contributed by atoms with Crippen molar-refractivity contribution in [3.05, 3.63) is 83.6 Å². The number of hydrogen-bond donors (Lipinski definition) is 2. The number of hydrogen-bond acceptors (Lipinski definition) is 7. The predicted octanol–water partition coefficient (Wildman–Crippen LogP) is 2.44. The van der Waals surface area contributed by atoms with Gasteiger partial charge in [0, 0.05) is 30.8 Å². The molecule has 4 aliphatic heterocycles. The Kier molecular flexibility index (Phi) is 5.59. The molecule has 0 bridgehead atoms. The Morgan fingerprint density at radius 1 is 1.19 bits per heavy atom. The van der Waals surface area contributed by atoms with E-state index in [9.17, 15) is 9.59 Å². The van der Waals surface area contributed by atoms with Crippen LogP contribution in [0, 0.1) is 11.3 Å². The molecule has 0 saturated carbocycles. The quantitative estimate of drug-likeness (QED) is 0.484. The maximum Gasteiger partial charge on any atom is 0.264 e. The first kappa shape index (κ1) is 23.4. The molecule has 0 spiro atoms. The van der Waals surface area contributed by atoms with E-state index >= 15 is 0 Å². The van der Waals surface area contributed by atoms with Gasteiger partial charge in [-0.05, 0) is 49.7 Å². The van der Waals surface area contributed by atoms with Gasteiger partial charge < -0.3 is 15.0 Å². The van der Waals surface area contributed by atoms with Crippen molar-refractivity contribution in [2.45, 2.75) is 13.3 Å². The monoisotopic (exact) mass is 498 g/mol. The zero-order valence-corrected chi connectivity index (χ0v) is 20.5. The van der Waals surface area contributed by atoms with Crippen molar-refractivity contribution in [3.63, 3.8) is 0 Å². The maximum atomic E-state index is 13.0. The lowest BCUT2D eigenvalue weighted by molar-refractivity contribution is -0.750. The normalized spacial score (nSPS) is 25.5. The molecule has 37 heavy (non-hydrogen) atoms. The van der Waals surface area contributed by atoms with Gasteiger partial charge in [-0.1, -0.05) is 6.07 Å². The van der Waals surface area contributed by atoms with Crippen LogP contribution in [0.1, 0.15) is 29.3 Å². The van der Waals surface area contributed by atoms with Gasteiger partial charge >= 0.3 is 0 Å². The first-order chi connectivity index (χ1) is 17.9. The van der Waals surface area contributed by atoms with Crippen LogP contribution in [0.5, 0.6) is 0 Å². The highest BCUT2D eigenvalue weighted by Crippen LogP contribution is 2.39. The molecule has 188 valence electrons. The second kappa shape index (κ2) is 8.84. The van der Waals surface area contributed by atoms with Crippen molar-refractivity contribution < 1.29 is 18.9 Å². The molecule has 6 rings (SSSR count). The van der Waals surface area contributed by atoms with Crippen LogP contribution < -0.4 is 11.2 Å². The summed E-state index contributed by atoms with van der Waals surface area (Å²) in [7, 11) is 0. The number of nitrogens with zero attached hydrogens (tertiary/aromatic N) is 5. The Balaban J connectivity index is 1.24. The van der Waals surface area contributed by atoms with E-state index in [0.29, 0.717) is 43.5 Å². The first-order valence-electron chi connectivity index (χ1n) is 12.3. The molecule has 2 fully saturated rings. The summed E-state index contributed by atoms with van der Waals surface area (Å²) in [5, 5.41) is 2.79. The van der Waals surface area contributed by atoms with Crippen LogP contribution in [0.2, 0.25) is 0 Å². The van der Waals surface area contributed by atoms with E-state index in [-0.39, 0.29) is 22.3 Å². The fourth-order valence-corrected chi connectivity index (χ4v) is 5.18. The number of likely N-dealkylation sites (tertiary alicyclic amines) is 1. The third-order valence-corrected chi connectivity index (χ3v) is 7.35. The van der Waals surface area contributed by atoms with Crippen LogP contribution in [0.25, 0.3) is 0 Å². The minimum absolute atomic E-state index is 0.0588. The van der Waals surface area contributed by atoms with Crippen molar-refractivity contribution in [2.75, 3.05) is 31.6 Å². The minimum atomic E-state index is -0.426. The van der Waals surface area contributed by atoms with Gasteiger partial charge in [0.25, 0.3) is 11.7 Å². The summed E-state index contributed by atoms with van der Waals surface area (Å²) in [6.45, 7) is 4.17. The number of pyridine rings is 1. The van der Waals surface area contributed by atoms with Crippen LogP contribution in [0.3, 0.4) is 0 Å². The Morgan fingerprint density at radius 2 is 2.00 bits per heavy atom. The van der Waals surface area contributed by atoms with Crippen LogP contribution in [-0.4, -0.2) is 64.6 Å². The number of fused-ring (bicyclic) bond motifs is 1. The lowest BCUT2D eigenvalue weighted by atomic mass is 9.87. The molecule has 2 amide bonds. The number of nitrogens with one attached hydrogen (secondary N) is 1. The lowest BCUT2D eigenvalue weighted by Gasteiger charge is -2.39. The molecule has 2 saturated heterocycles. The topological polar surface area (TPSA) is 122 Å². The Hall–Kier alpha value is -3.99. The minimum Gasteiger partial charge on any atom is -0.379 e. The molecule has 10 nitrogen and oxygen atoms in total. The molecule has 2 unspecified atom stereocenters. The summed E-state index contributed by atoms with van der Waals surface area (Å²) in [6.07, 6.45) is 7.65. The number of carbonyl (C=O) groups is 2. The van der Waals surface area contributed by atoms with Gasteiger partial charge in [0.15, 0.2) is 0 Å². The molecule has 10 heteroatoms. The maximum absolute atomic E-state index is 13.0. The number of anilines is 1. The molecular weight excluding hydrogens is 470 g/mol. The van der Waals surface area contributed by atoms with E-state index in [1.807, 2.05) is 30.0 Å². The van der Waals surface area contributed by atoms with E-state index in [0.717, 1.165) is 23.4 Å². The second-order valence-electron chi connectivity index (χ2n) is 10.1. The van der Waals surface area contributed by atoms with Gasteiger partial charge in [0.2, 0.25) is 11.6 Å². The molecule has 3 N–H and O–H groups in total. The number of carbonyl (C=O) groups excluding carboxylic acids is 2. The fraction of sp³-hybridized carbons (Fsp3) is 0.296. The summed E-state index contributed by atoms with van der Waals surface area (Å²) in [6, 6.07) is 12.5. The highest BCUT2D eigenvalue weighted by atomic mass is 16.5. The second-order valence-corrected chi connectivity index (χ2v) is 10.1. The molecule has 2 atom stereocenters. The summed E-state index contributed by atoms with van der Waals surface area (Å²) < 4.78 is 5.19. The largest absolute Gasteiger partial charge is 0.379 e. The van der Waals surface area contributed by atoms with Gasteiger partial charge in [-0.25, -0.2) is 4.98 Å². The number of nitrogens with two attached hydrogens (primary N) is 1. The van der Waals surface area contributed by atoms with Crippen molar-refractivity contribution in [1.82, 2.24) is 9.88 Å². The van der Waals surface area contributed by atoms with E-state index < -0.39 is 5.41 Å². The van der Waals surface area contributed by atoms with Gasteiger partial charge in [-0.15, -0.1) is 4.59 Å². The van der Waals surface area contributed by atoms with Crippen molar-refractivity contribution in [1.29, 1.82) is 0 Å². The SMILES string of the molecule is CC1(C(=O)N2CCC(C3=C4C=NC=C[N+]4(N)C(c4ccc(C(=O)Nc5ccccn5)cc4)=N3)C2)COC1. The third kappa shape index (κ3) is 3.99. The summed E-state index contributed by atoms with van der Waals surface area (Å²) >= 11 is 0. The zero-order chi connectivity index (χ0) is 25.6. The number of aliphatic imine (C=N–C) groups is 2. The average molecular weight is 499 g/mol. The number of amides is 2. The molecule has 2 aromatic rings. The molecule has 4 aliphatic rings. The molecule has 1 aromatic heterocycles. The smallest absolute Gasteiger partial charge is 0.264 e. The molecule has 0 radical (unpaired) electrons. The van der Waals surface area contributed by atoms with Crippen LogP contribution in [-0.2, 0) is 9.53 Å². The van der Waals surface area contributed by atoms with E-state index in [1.165, 1.54) is 0 Å². The standard InChI is InChI=1S/C27H27N7O3/c1-27(16-37-17-27)26(36)33-12-9-20(15-33)23-21-14-29-11-13-34(21,28)24(32-23)18-5-7-19(8-6-18)25(35)31-22-4-2-3-10-30-22/h2-8,10-11,13-14,20H,9,12,15-17,28H2,1H3/p+1. The number of amidine groups is 1.